The number of carbonyl (C=O) groups is 2. The van der Waals surface area contributed by atoms with Crippen molar-refractivity contribution in [2.75, 3.05) is 6.61 Å². The fourth-order valence-electron chi connectivity index (χ4n) is 0.250. The van der Waals surface area contributed by atoms with E-state index in [0.29, 0.717) is 0 Å². The molecule has 0 aromatic rings. The number of carbonyl (C=O) groups excluding carboxylic acids is 1. The van der Waals surface area contributed by atoms with Crippen LogP contribution in [0.4, 0.5) is 0 Å². The minimum absolute atomic E-state index is 0.196. The minimum atomic E-state index is -4.64. The first-order valence-electron chi connectivity index (χ1n) is 3.36. The standard InChI is InChI=1S/C6H8O4.H3O4P/c1-4(2)6(9)10-3-5(7)8;1-5(2,3)4/h1,3H2,2H3,(H,7,8);(H3,1,2,3,4). The highest BCUT2D eigenvalue weighted by molar-refractivity contribution is 7.45. The molecule has 88 valence electrons. The first-order valence-corrected chi connectivity index (χ1v) is 4.93. The molecule has 0 amide bonds. The molecule has 0 heterocycles. The Bertz CT molecular complexity index is 281. The molecule has 0 aliphatic carbocycles. The van der Waals surface area contributed by atoms with Crippen molar-refractivity contribution in [2.45, 2.75) is 6.92 Å². The number of hydrogen-bond donors (Lipinski definition) is 4. The molecule has 0 aliphatic rings. The lowest BCUT2D eigenvalue weighted by Crippen LogP contribution is -2.12. The van der Waals surface area contributed by atoms with E-state index in [1.54, 1.807) is 0 Å². The van der Waals surface area contributed by atoms with E-state index in [1.807, 2.05) is 0 Å². The van der Waals surface area contributed by atoms with Gasteiger partial charge in [0.15, 0.2) is 6.61 Å². The average molecular weight is 242 g/mol. The first kappa shape index (κ1) is 16.2. The Labute approximate surface area is 85.0 Å². The largest absolute Gasteiger partial charge is 0.479 e. The van der Waals surface area contributed by atoms with Gasteiger partial charge in [-0.1, -0.05) is 6.58 Å². The quantitative estimate of drug-likeness (QED) is 0.288. The highest BCUT2D eigenvalue weighted by Crippen LogP contribution is 2.25. The summed E-state index contributed by atoms with van der Waals surface area (Å²) in [5.41, 5.74) is 0.196. The van der Waals surface area contributed by atoms with Crippen LogP contribution in [0.15, 0.2) is 12.2 Å². The number of hydrogen-bond acceptors (Lipinski definition) is 4. The van der Waals surface area contributed by atoms with Crippen LogP contribution in [0.2, 0.25) is 0 Å². The number of esters is 1. The normalized spacial score (nSPS) is 9.60. The van der Waals surface area contributed by atoms with E-state index in [2.05, 4.69) is 11.3 Å². The molecule has 0 saturated heterocycles. The van der Waals surface area contributed by atoms with Crippen molar-refractivity contribution in [1.82, 2.24) is 0 Å². The van der Waals surface area contributed by atoms with Gasteiger partial charge in [0.1, 0.15) is 0 Å². The van der Waals surface area contributed by atoms with Crippen LogP contribution in [0.25, 0.3) is 0 Å². The number of phosphoric acid groups is 1. The predicted octanol–water partition coefficient (Wildman–Crippen LogP) is -0.738. The van der Waals surface area contributed by atoms with Gasteiger partial charge in [-0.25, -0.2) is 14.2 Å². The molecule has 0 aromatic heterocycles. The van der Waals surface area contributed by atoms with Crippen molar-refractivity contribution in [1.29, 1.82) is 0 Å². The Kier molecular flexibility index (Phi) is 7.71. The van der Waals surface area contributed by atoms with Gasteiger partial charge in [0.25, 0.3) is 0 Å². The van der Waals surface area contributed by atoms with Crippen LogP contribution in [-0.4, -0.2) is 38.3 Å². The number of carboxylic acid groups (broad SMARTS) is 1. The van der Waals surface area contributed by atoms with Gasteiger partial charge in [-0.2, -0.15) is 0 Å². The molecule has 4 N–H and O–H groups in total. The third-order valence-corrected chi connectivity index (χ3v) is 0.675. The van der Waals surface area contributed by atoms with Crippen molar-refractivity contribution in [3.8, 4) is 0 Å². The van der Waals surface area contributed by atoms with Crippen LogP contribution in [0.5, 0.6) is 0 Å². The van der Waals surface area contributed by atoms with Crippen LogP contribution in [-0.2, 0) is 18.9 Å². The number of ether oxygens (including phenoxy) is 1. The molecular formula is C6H11O8P. The molecular weight excluding hydrogens is 231 g/mol. The Hall–Kier alpha value is -1.21. The highest BCUT2D eigenvalue weighted by Gasteiger charge is 2.04. The second-order valence-electron chi connectivity index (χ2n) is 2.26. The van der Waals surface area contributed by atoms with Gasteiger partial charge in [0.2, 0.25) is 0 Å². The van der Waals surface area contributed by atoms with Gasteiger partial charge in [0, 0.05) is 5.57 Å². The van der Waals surface area contributed by atoms with Crippen LogP contribution >= 0.6 is 7.82 Å². The van der Waals surface area contributed by atoms with Crippen LogP contribution in [0.3, 0.4) is 0 Å². The van der Waals surface area contributed by atoms with Gasteiger partial charge in [0.05, 0.1) is 0 Å². The van der Waals surface area contributed by atoms with Crippen molar-refractivity contribution >= 4 is 19.8 Å². The smallest absolute Gasteiger partial charge is 0.466 e. The van der Waals surface area contributed by atoms with E-state index in [4.69, 9.17) is 24.4 Å². The monoisotopic (exact) mass is 242 g/mol. The SMILES string of the molecule is C=C(C)C(=O)OCC(=O)O.O=P(O)(O)O. The predicted molar refractivity (Wildman–Crippen MR) is 47.7 cm³/mol. The van der Waals surface area contributed by atoms with Gasteiger partial charge in [-0.05, 0) is 6.92 Å². The molecule has 8 nitrogen and oxygen atoms in total. The molecule has 0 bridgehead atoms. The van der Waals surface area contributed by atoms with Gasteiger partial charge >= 0.3 is 19.8 Å². The third kappa shape index (κ3) is 24.5. The lowest BCUT2D eigenvalue weighted by molar-refractivity contribution is -0.152. The molecule has 0 rings (SSSR count). The summed E-state index contributed by atoms with van der Waals surface area (Å²) >= 11 is 0. The Morgan fingerprint density at radius 1 is 1.33 bits per heavy atom. The van der Waals surface area contributed by atoms with E-state index < -0.39 is 26.4 Å². The zero-order chi connectivity index (χ0) is 12.6. The fourth-order valence-corrected chi connectivity index (χ4v) is 0.250. The van der Waals surface area contributed by atoms with E-state index in [1.165, 1.54) is 6.92 Å². The van der Waals surface area contributed by atoms with Gasteiger partial charge < -0.3 is 24.5 Å². The molecule has 0 spiro atoms. The fraction of sp³-hybridized carbons (Fsp3) is 0.333. The Morgan fingerprint density at radius 2 is 1.67 bits per heavy atom. The molecule has 0 fully saturated rings. The van der Waals surface area contributed by atoms with Crippen molar-refractivity contribution in [2.24, 2.45) is 0 Å². The average Bonchev–Trinajstić information content (AvgIpc) is 1.96. The van der Waals surface area contributed by atoms with Crippen molar-refractivity contribution < 1.29 is 38.7 Å². The molecule has 0 aliphatic heterocycles. The Morgan fingerprint density at radius 3 is 1.87 bits per heavy atom. The molecule has 0 radical (unpaired) electrons. The third-order valence-electron chi connectivity index (χ3n) is 0.675. The summed E-state index contributed by atoms with van der Waals surface area (Å²) in [5.74, 6) is -1.85. The van der Waals surface area contributed by atoms with Crippen molar-refractivity contribution in [3.63, 3.8) is 0 Å². The first-order chi connectivity index (χ1) is 6.54. The molecule has 9 heteroatoms. The van der Waals surface area contributed by atoms with Crippen LogP contribution < -0.4 is 0 Å². The summed E-state index contributed by atoms with van der Waals surface area (Å²) in [6, 6.07) is 0. The van der Waals surface area contributed by atoms with E-state index >= 15 is 0 Å². The molecule has 0 atom stereocenters. The number of aliphatic carboxylic acids is 1. The maximum atomic E-state index is 10.5. The Balaban J connectivity index is 0. The summed E-state index contributed by atoms with van der Waals surface area (Å²) < 4.78 is 13.1. The number of rotatable bonds is 3. The van der Waals surface area contributed by atoms with Crippen LogP contribution in [0.1, 0.15) is 6.92 Å². The zero-order valence-electron chi connectivity index (χ0n) is 7.78. The highest BCUT2D eigenvalue weighted by atomic mass is 31.2. The summed E-state index contributed by atoms with van der Waals surface area (Å²) in [6.07, 6.45) is 0. The van der Waals surface area contributed by atoms with E-state index in [-0.39, 0.29) is 5.57 Å². The summed E-state index contributed by atoms with van der Waals surface area (Å²) in [7, 11) is -4.64. The van der Waals surface area contributed by atoms with Gasteiger partial charge in [-0.15, -0.1) is 0 Å². The zero-order valence-corrected chi connectivity index (χ0v) is 8.68. The lowest BCUT2D eigenvalue weighted by atomic mass is 10.4. The summed E-state index contributed by atoms with van der Waals surface area (Å²) in [6.45, 7) is 4.11. The van der Waals surface area contributed by atoms with E-state index in [9.17, 15) is 9.59 Å². The van der Waals surface area contributed by atoms with Crippen LogP contribution in [0, 0.1) is 0 Å². The topological polar surface area (TPSA) is 141 Å². The number of carboxylic acids is 1. The second kappa shape index (κ2) is 7.13. The maximum absolute atomic E-state index is 10.5. The van der Waals surface area contributed by atoms with Crippen molar-refractivity contribution in [3.05, 3.63) is 12.2 Å². The molecule has 15 heavy (non-hydrogen) atoms. The lowest BCUT2D eigenvalue weighted by Gasteiger charge is -1.98. The second-order valence-corrected chi connectivity index (χ2v) is 3.29. The minimum Gasteiger partial charge on any atom is -0.479 e. The summed E-state index contributed by atoms with van der Waals surface area (Å²) in [4.78, 5) is 41.8. The maximum Gasteiger partial charge on any atom is 0.466 e. The molecule has 0 unspecified atom stereocenters. The molecule has 0 aromatic carbocycles. The molecule has 0 saturated carbocycles. The van der Waals surface area contributed by atoms with Gasteiger partial charge in [-0.3, -0.25) is 0 Å². The summed E-state index contributed by atoms with van der Waals surface area (Å²) in [5, 5.41) is 8.04. The van der Waals surface area contributed by atoms with E-state index in [0.717, 1.165) is 0 Å².